The van der Waals surface area contributed by atoms with Gasteiger partial charge in [-0.05, 0) is 36.5 Å². The van der Waals surface area contributed by atoms with Gasteiger partial charge in [0.2, 0.25) is 0 Å². The molecule has 1 fully saturated rings. The van der Waals surface area contributed by atoms with Crippen LogP contribution < -0.4 is 14.8 Å². The second-order valence-electron chi connectivity index (χ2n) is 6.09. The van der Waals surface area contributed by atoms with Gasteiger partial charge in [-0.2, -0.15) is 8.78 Å². The highest BCUT2D eigenvalue weighted by atomic mass is 19.3. The average Bonchev–Trinajstić information content (AvgIpc) is 2.51. The van der Waals surface area contributed by atoms with E-state index in [-0.39, 0.29) is 23.4 Å². The smallest absolute Gasteiger partial charge is 0.387 e. The van der Waals surface area contributed by atoms with Gasteiger partial charge >= 0.3 is 6.61 Å². The van der Waals surface area contributed by atoms with E-state index in [1.165, 1.54) is 31.7 Å². The number of benzene rings is 1. The fourth-order valence-electron chi connectivity index (χ4n) is 3.04. The molecule has 1 N–H and O–H groups in total. The molecule has 1 amide bonds. The van der Waals surface area contributed by atoms with Gasteiger partial charge in [0.05, 0.1) is 7.11 Å². The van der Waals surface area contributed by atoms with Gasteiger partial charge in [-0.1, -0.05) is 26.7 Å². The molecule has 23 heavy (non-hydrogen) atoms. The van der Waals surface area contributed by atoms with Gasteiger partial charge in [0.25, 0.3) is 5.91 Å². The van der Waals surface area contributed by atoms with Crippen molar-refractivity contribution in [1.82, 2.24) is 5.32 Å². The van der Waals surface area contributed by atoms with Crippen molar-refractivity contribution in [3.63, 3.8) is 0 Å². The summed E-state index contributed by atoms with van der Waals surface area (Å²) in [6.45, 7) is 1.41. The lowest BCUT2D eigenvalue weighted by atomic mass is 9.78. The van der Waals surface area contributed by atoms with Crippen molar-refractivity contribution in [2.75, 3.05) is 7.11 Å². The highest BCUT2D eigenvalue weighted by Crippen LogP contribution is 2.31. The molecule has 1 saturated carbocycles. The molecular formula is C17H23F2NO3. The molecule has 4 nitrogen and oxygen atoms in total. The molecule has 6 heteroatoms. The second kappa shape index (κ2) is 7.62. The summed E-state index contributed by atoms with van der Waals surface area (Å²) in [5.74, 6) is 0.793. The molecule has 0 radical (unpaired) electrons. The molecule has 1 aromatic carbocycles. The summed E-state index contributed by atoms with van der Waals surface area (Å²) in [6, 6.07) is 4.35. The molecule has 0 spiro atoms. The lowest BCUT2D eigenvalue weighted by molar-refractivity contribution is -0.0512. The minimum atomic E-state index is -2.94. The first-order valence-corrected chi connectivity index (χ1v) is 7.86. The van der Waals surface area contributed by atoms with Crippen molar-refractivity contribution in [2.24, 2.45) is 11.8 Å². The number of carbonyl (C=O) groups excluding carboxylic acids is 1. The zero-order chi connectivity index (χ0) is 17.0. The first kappa shape index (κ1) is 17.5. The maximum absolute atomic E-state index is 12.4. The van der Waals surface area contributed by atoms with Crippen molar-refractivity contribution in [1.29, 1.82) is 0 Å². The van der Waals surface area contributed by atoms with Gasteiger partial charge in [-0.15, -0.1) is 0 Å². The fourth-order valence-corrected chi connectivity index (χ4v) is 3.04. The topological polar surface area (TPSA) is 47.6 Å². The van der Waals surface area contributed by atoms with E-state index in [1.54, 1.807) is 0 Å². The van der Waals surface area contributed by atoms with Gasteiger partial charge in [-0.25, -0.2) is 0 Å². The van der Waals surface area contributed by atoms with E-state index in [1.807, 2.05) is 0 Å². The van der Waals surface area contributed by atoms with Gasteiger partial charge in [0.1, 0.15) is 0 Å². The summed E-state index contributed by atoms with van der Waals surface area (Å²) < 4.78 is 34.0. The van der Waals surface area contributed by atoms with Crippen molar-refractivity contribution in [2.45, 2.75) is 45.8 Å². The first-order valence-electron chi connectivity index (χ1n) is 7.86. The third-order valence-corrected chi connectivity index (χ3v) is 4.67. The number of amides is 1. The maximum Gasteiger partial charge on any atom is 0.387 e. The summed E-state index contributed by atoms with van der Waals surface area (Å²) in [5, 5.41) is 3.04. The molecule has 0 heterocycles. The minimum absolute atomic E-state index is 0.0845. The molecule has 0 bridgehead atoms. The number of nitrogens with one attached hydrogen (secondary N) is 1. The largest absolute Gasteiger partial charge is 0.493 e. The Balaban J connectivity index is 2.10. The highest BCUT2D eigenvalue weighted by Gasteiger charge is 2.28. The Hall–Kier alpha value is -1.85. The second-order valence-corrected chi connectivity index (χ2v) is 6.09. The Labute approximate surface area is 135 Å². The number of rotatable bonds is 5. The number of hydrogen-bond acceptors (Lipinski definition) is 3. The summed E-state index contributed by atoms with van der Waals surface area (Å²) >= 11 is 0. The third-order valence-electron chi connectivity index (χ3n) is 4.67. The quantitative estimate of drug-likeness (QED) is 0.893. The van der Waals surface area contributed by atoms with E-state index in [0.717, 1.165) is 12.8 Å². The van der Waals surface area contributed by atoms with Crippen LogP contribution in [0.15, 0.2) is 18.2 Å². The van der Waals surface area contributed by atoms with Crippen LogP contribution in [0.25, 0.3) is 0 Å². The van der Waals surface area contributed by atoms with Crippen LogP contribution in [0.4, 0.5) is 8.78 Å². The molecule has 1 aromatic rings. The lowest BCUT2D eigenvalue weighted by Gasteiger charge is -2.34. The molecule has 1 aliphatic carbocycles. The molecule has 0 saturated heterocycles. The standard InChI is InChI=1S/C17H23F2NO3/c1-10-5-4-6-13(11(10)2)20-16(21)12-7-8-14(23-17(18)19)15(9-12)22-3/h7-11,13,17H,4-6H2,1-3H3,(H,20,21)/t10-,11-,13+/m1/s1. The first-order chi connectivity index (χ1) is 10.9. The number of alkyl halides is 2. The van der Waals surface area contributed by atoms with E-state index < -0.39 is 6.61 Å². The fraction of sp³-hybridized carbons (Fsp3) is 0.588. The molecule has 128 valence electrons. The van der Waals surface area contributed by atoms with Crippen molar-refractivity contribution >= 4 is 5.91 Å². The van der Waals surface area contributed by atoms with Gasteiger partial charge in [0, 0.05) is 11.6 Å². The van der Waals surface area contributed by atoms with E-state index in [9.17, 15) is 13.6 Å². The van der Waals surface area contributed by atoms with Crippen LogP contribution >= 0.6 is 0 Å². The highest BCUT2D eigenvalue weighted by molar-refractivity contribution is 5.95. The van der Waals surface area contributed by atoms with Crippen LogP contribution in [0.2, 0.25) is 0 Å². The zero-order valence-corrected chi connectivity index (χ0v) is 13.6. The van der Waals surface area contributed by atoms with E-state index in [2.05, 4.69) is 23.9 Å². The number of carbonyl (C=O) groups is 1. The predicted octanol–water partition coefficient (Wildman–Crippen LogP) is 3.85. The van der Waals surface area contributed by atoms with Gasteiger partial charge in [-0.3, -0.25) is 4.79 Å². The van der Waals surface area contributed by atoms with Crippen LogP contribution in [0.1, 0.15) is 43.5 Å². The molecule has 3 atom stereocenters. The van der Waals surface area contributed by atoms with Crippen LogP contribution in [-0.2, 0) is 0 Å². The molecule has 0 aliphatic heterocycles. The van der Waals surface area contributed by atoms with Gasteiger partial charge < -0.3 is 14.8 Å². The SMILES string of the molecule is COc1cc(C(=O)N[C@H]2CCC[C@@H](C)[C@H]2C)ccc1OC(F)F. The van der Waals surface area contributed by atoms with Crippen LogP contribution in [0, 0.1) is 11.8 Å². The Morgan fingerprint density at radius 2 is 2.00 bits per heavy atom. The molecule has 2 rings (SSSR count). The van der Waals surface area contributed by atoms with Crippen molar-refractivity contribution < 1.29 is 23.0 Å². The van der Waals surface area contributed by atoms with Crippen molar-refractivity contribution in [3.05, 3.63) is 23.8 Å². The van der Waals surface area contributed by atoms with E-state index in [0.29, 0.717) is 17.4 Å². The zero-order valence-electron chi connectivity index (χ0n) is 13.6. The van der Waals surface area contributed by atoms with Crippen LogP contribution in [0.5, 0.6) is 11.5 Å². The predicted molar refractivity (Wildman–Crippen MR) is 83.1 cm³/mol. The Morgan fingerprint density at radius 3 is 2.65 bits per heavy atom. The Morgan fingerprint density at radius 1 is 1.26 bits per heavy atom. The number of methoxy groups -OCH3 is 1. The van der Waals surface area contributed by atoms with Crippen molar-refractivity contribution in [3.8, 4) is 11.5 Å². The Bertz CT molecular complexity index is 551. The summed E-state index contributed by atoms with van der Waals surface area (Å²) in [4.78, 5) is 12.4. The van der Waals surface area contributed by atoms with E-state index >= 15 is 0 Å². The third kappa shape index (κ3) is 4.33. The van der Waals surface area contributed by atoms with Crippen LogP contribution in [-0.4, -0.2) is 25.7 Å². The van der Waals surface area contributed by atoms with E-state index in [4.69, 9.17) is 4.74 Å². The average molecular weight is 327 g/mol. The lowest BCUT2D eigenvalue weighted by Crippen LogP contribution is -2.43. The summed E-state index contributed by atoms with van der Waals surface area (Å²) in [5.41, 5.74) is 0.369. The monoisotopic (exact) mass is 327 g/mol. The number of halogens is 2. The minimum Gasteiger partial charge on any atom is -0.493 e. The van der Waals surface area contributed by atoms with Gasteiger partial charge in [0.15, 0.2) is 11.5 Å². The maximum atomic E-state index is 12.4. The molecule has 0 unspecified atom stereocenters. The normalized spacial score (nSPS) is 24.3. The number of ether oxygens (including phenoxy) is 2. The van der Waals surface area contributed by atoms with Crippen LogP contribution in [0.3, 0.4) is 0 Å². The molecular weight excluding hydrogens is 304 g/mol. The number of hydrogen-bond donors (Lipinski definition) is 1. The summed E-state index contributed by atoms with van der Waals surface area (Å²) in [6.07, 6.45) is 3.24. The Kier molecular flexibility index (Phi) is 5.80. The molecule has 1 aliphatic rings. The molecule has 0 aromatic heterocycles. The summed E-state index contributed by atoms with van der Waals surface area (Å²) in [7, 11) is 1.35.